The van der Waals surface area contributed by atoms with Gasteiger partial charge in [-0.15, -0.1) is 0 Å². The summed E-state index contributed by atoms with van der Waals surface area (Å²) in [6.07, 6.45) is 2.24. The van der Waals surface area contributed by atoms with Gasteiger partial charge in [-0.25, -0.2) is 0 Å². The minimum atomic E-state index is 0.580. The van der Waals surface area contributed by atoms with E-state index in [2.05, 4.69) is 48.7 Å². The molecule has 2 aromatic rings. The first-order chi connectivity index (χ1) is 12.5. The minimum Gasteiger partial charge on any atom is -0.316 e. The van der Waals surface area contributed by atoms with Gasteiger partial charge in [0.15, 0.2) is 0 Å². The van der Waals surface area contributed by atoms with E-state index < -0.39 is 0 Å². The van der Waals surface area contributed by atoms with Crippen molar-refractivity contribution in [1.82, 2.24) is 10.6 Å². The summed E-state index contributed by atoms with van der Waals surface area (Å²) in [5, 5.41) is 8.55. The zero-order valence-corrected chi connectivity index (χ0v) is 17.1. The van der Waals surface area contributed by atoms with Crippen LogP contribution in [0.2, 0.25) is 10.0 Å². The Balaban J connectivity index is 0.000000151. The molecular weight excluding hydrogens is 363 g/mol. The maximum atomic E-state index is 5.97. The highest BCUT2D eigenvalue weighted by Crippen LogP contribution is 2.26. The van der Waals surface area contributed by atoms with Gasteiger partial charge in [-0.1, -0.05) is 49.2 Å². The number of hydrogen-bond acceptors (Lipinski definition) is 2. The van der Waals surface area contributed by atoms with Crippen LogP contribution in [0.5, 0.6) is 0 Å². The molecule has 2 N–H and O–H groups in total. The average molecular weight is 391 g/mol. The lowest BCUT2D eigenvalue weighted by molar-refractivity contribution is 0.644. The molecule has 0 unspecified atom stereocenters. The normalized spacial score (nSPS) is 22.2. The zero-order valence-electron chi connectivity index (χ0n) is 15.6. The molecule has 0 aliphatic carbocycles. The van der Waals surface area contributed by atoms with Crippen molar-refractivity contribution < 1.29 is 0 Å². The number of nitrogens with one attached hydrogen (secondary N) is 2. The van der Waals surface area contributed by atoms with Crippen LogP contribution in [0, 0.1) is 0 Å². The molecule has 2 atom stereocenters. The van der Waals surface area contributed by atoms with Gasteiger partial charge in [0.1, 0.15) is 0 Å². The predicted molar refractivity (Wildman–Crippen MR) is 113 cm³/mol. The second-order valence-electron chi connectivity index (χ2n) is 7.40. The largest absolute Gasteiger partial charge is 0.316 e. The molecule has 0 aromatic heterocycles. The molecule has 2 aliphatic heterocycles. The van der Waals surface area contributed by atoms with E-state index in [1.54, 1.807) is 0 Å². The molecule has 2 aliphatic rings. The fraction of sp³-hybridized carbons (Fsp3) is 0.455. The van der Waals surface area contributed by atoms with E-state index in [1.165, 1.54) is 22.3 Å². The van der Waals surface area contributed by atoms with Gasteiger partial charge in [-0.3, -0.25) is 0 Å². The molecule has 0 radical (unpaired) electrons. The second kappa shape index (κ2) is 9.23. The van der Waals surface area contributed by atoms with Gasteiger partial charge in [0.2, 0.25) is 0 Å². The van der Waals surface area contributed by atoms with E-state index in [9.17, 15) is 0 Å². The lowest BCUT2D eigenvalue weighted by Gasteiger charge is -2.11. The summed E-state index contributed by atoms with van der Waals surface area (Å²) in [5.41, 5.74) is 5.72. The Morgan fingerprint density at radius 1 is 0.731 bits per heavy atom. The molecule has 4 heteroatoms. The Kier molecular flexibility index (Phi) is 6.99. The lowest BCUT2D eigenvalue weighted by atomic mass is 9.96. The summed E-state index contributed by atoms with van der Waals surface area (Å²) >= 11 is 11.9. The summed E-state index contributed by atoms with van der Waals surface area (Å²) < 4.78 is 0. The Morgan fingerprint density at radius 3 is 1.58 bits per heavy atom. The highest BCUT2D eigenvalue weighted by atomic mass is 35.5. The summed E-state index contributed by atoms with van der Waals surface area (Å²) in [6, 6.07) is 12.5. The van der Waals surface area contributed by atoms with Crippen molar-refractivity contribution in [2.45, 2.75) is 38.5 Å². The molecule has 140 valence electrons. The van der Waals surface area contributed by atoms with E-state index in [0.29, 0.717) is 11.8 Å². The van der Waals surface area contributed by atoms with Crippen LogP contribution in [-0.2, 0) is 12.8 Å². The SMILES string of the molecule is C[C@@H]1CNCCc2ccc(Cl)cc21.C[C@H]1CNCCc2ccc(Cl)cc21. The van der Waals surface area contributed by atoms with Crippen molar-refractivity contribution in [3.8, 4) is 0 Å². The van der Waals surface area contributed by atoms with Crippen LogP contribution in [0.3, 0.4) is 0 Å². The van der Waals surface area contributed by atoms with Crippen LogP contribution in [0.1, 0.15) is 47.9 Å². The number of halogens is 2. The Morgan fingerprint density at radius 2 is 1.15 bits per heavy atom. The van der Waals surface area contributed by atoms with Gasteiger partial charge in [0, 0.05) is 23.1 Å². The molecule has 0 spiro atoms. The molecule has 26 heavy (non-hydrogen) atoms. The van der Waals surface area contributed by atoms with Gasteiger partial charge >= 0.3 is 0 Å². The number of benzene rings is 2. The van der Waals surface area contributed by atoms with Crippen molar-refractivity contribution in [3.63, 3.8) is 0 Å². The zero-order chi connectivity index (χ0) is 18.5. The van der Waals surface area contributed by atoms with Crippen LogP contribution < -0.4 is 10.6 Å². The maximum absolute atomic E-state index is 5.97. The van der Waals surface area contributed by atoms with Gasteiger partial charge in [-0.05, 0) is 84.3 Å². The molecule has 0 saturated heterocycles. The molecule has 0 saturated carbocycles. The summed E-state index contributed by atoms with van der Waals surface area (Å²) in [4.78, 5) is 0. The molecular formula is C22H28Cl2N2. The second-order valence-corrected chi connectivity index (χ2v) is 8.27. The van der Waals surface area contributed by atoms with Gasteiger partial charge in [0.25, 0.3) is 0 Å². The first-order valence-electron chi connectivity index (χ1n) is 9.52. The predicted octanol–water partition coefficient (Wildman–Crippen LogP) is 5.18. The van der Waals surface area contributed by atoms with Crippen LogP contribution in [0.4, 0.5) is 0 Å². The lowest BCUT2D eigenvalue weighted by Crippen LogP contribution is -2.18. The molecule has 0 bridgehead atoms. The van der Waals surface area contributed by atoms with E-state index in [0.717, 1.165) is 49.1 Å². The fourth-order valence-corrected chi connectivity index (χ4v) is 4.17. The molecule has 2 heterocycles. The van der Waals surface area contributed by atoms with E-state index in [4.69, 9.17) is 23.2 Å². The number of rotatable bonds is 0. The van der Waals surface area contributed by atoms with E-state index in [1.807, 2.05) is 12.1 Å². The first-order valence-corrected chi connectivity index (χ1v) is 10.3. The van der Waals surface area contributed by atoms with E-state index >= 15 is 0 Å². The Bertz CT molecular complexity index is 681. The minimum absolute atomic E-state index is 0.580. The van der Waals surface area contributed by atoms with E-state index in [-0.39, 0.29) is 0 Å². The highest BCUT2D eigenvalue weighted by molar-refractivity contribution is 6.30. The van der Waals surface area contributed by atoms with Crippen LogP contribution in [0.15, 0.2) is 36.4 Å². The number of fused-ring (bicyclic) bond motifs is 2. The van der Waals surface area contributed by atoms with Gasteiger partial charge < -0.3 is 10.6 Å². The van der Waals surface area contributed by atoms with Crippen molar-refractivity contribution in [2.24, 2.45) is 0 Å². The van der Waals surface area contributed by atoms with Crippen LogP contribution in [-0.4, -0.2) is 26.2 Å². The quantitative estimate of drug-likeness (QED) is 0.647. The molecule has 4 rings (SSSR count). The third-order valence-corrected chi connectivity index (χ3v) is 5.79. The first kappa shape index (κ1) is 19.7. The maximum Gasteiger partial charge on any atom is 0.0409 e. The van der Waals surface area contributed by atoms with Crippen molar-refractivity contribution >= 4 is 23.2 Å². The van der Waals surface area contributed by atoms with Crippen LogP contribution in [0.25, 0.3) is 0 Å². The summed E-state index contributed by atoms with van der Waals surface area (Å²) in [7, 11) is 0. The molecule has 2 aromatic carbocycles. The van der Waals surface area contributed by atoms with Crippen molar-refractivity contribution in [1.29, 1.82) is 0 Å². The Labute approximate surface area is 167 Å². The molecule has 0 amide bonds. The third-order valence-electron chi connectivity index (χ3n) is 5.32. The van der Waals surface area contributed by atoms with Crippen molar-refractivity contribution in [3.05, 3.63) is 68.7 Å². The topological polar surface area (TPSA) is 24.1 Å². The van der Waals surface area contributed by atoms with Crippen molar-refractivity contribution in [2.75, 3.05) is 26.2 Å². The number of hydrogen-bond donors (Lipinski definition) is 2. The molecule has 2 nitrogen and oxygen atoms in total. The monoisotopic (exact) mass is 390 g/mol. The van der Waals surface area contributed by atoms with Gasteiger partial charge in [-0.2, -0.15) is 0 Å². The summed E-state index contributed by atoms with van der Waals surface area (Å²) in [6.45, 7) is 8.78. The highest BCUT2D eigenvalue weighted by Gasteiger charge is 2.15. The summed E-state index contributed by atoms with van der Waals surface area (Å²) in [5.74, 6) is 1.16. The van der Waals surface area contributed by atoms with Crippen LogP contribution >= 0.6 is 23.2 Å². The molecule has 0 fully saturated rings. The Hall–Kier alpha value is -1.06. The van der Waals surface area contributed by atoms with Gasteiger partial charge in [0.05, 0.1) is 0 Å². The smallest absolute Gasteiger partial charge is 0.0409 e. The average Bonchev–Trinajstić information content (AvgIpc) is 2.92. The fourth-order valence-electron chi connectivity index (χ4n) is 3.81. The third kappa shape index (κ3) is 5.01. The standard InChI is InChI=1S/2C11H14ClN/c2*1-8-7-13-5-4-9-2-3-10(12)6-11(8)9/h2*2-3,6,8,13H,4-5,7H2,1H3/t2*8-/m10/s1.